The van der Waals surface area contributed by atoms with Crippen LogP contribution in [0.4, 0.5) is 0 Å². The van der Waals surface area contributed by atoms with E-state index < -0.39 is 0 Å². The van der Waals surface area contributed by atoms with Gasteiger partial charge in [0.2, 0.25) is 5.95 Å². The predicted octanol–water partition coefficient (Wildman–Crippen LogP) is 3.84. The maximum absolute atomic E-state index is 6.61. The first-order valence-corrected chi connectivity index (χ1v) is 15.7. The van der Waals surface area contributed by atoms with Crippen molar-refractivity contribution in [3.05, 3.63) is 115 Å². The van der Waals surface area contributed by atoms with E-state index in [9.17, 15) is 0 Å². The molecule has 0 amide bonds. The second-order valence-corrected chi connectivity index (χ2v) is 11.9. The number of para-hydroxylation sites is 3. The highest BCUT2D eigenvalue weighted by molar-refractivity contribution is 6.68. The first kappa shape index (κ1) is 29.4. The molecular weight excluding hydrogens is 595 g/mol. The minimum atomic E-state index is 0.106. The molecular formula is C39H19B5N4O. The number of rotatable bonds is 4. The van der Waals surface area contributed by atoms with Gasteiger partial charge in [0.25, 0.3) is 0 Å². The Morgan fingerprint density at radius 1 is 0.469 bits per heavy atom. The minimum absolute atomic E-state index is 0.106. The Hall–Kier alpha value is -5.75. The monoisotopic (exact) mass is 614 g/mol. The number of nitrogens with zero attached hydrogens (tertiary/aromatic N) is 4. The van der Waals surface area contributed by atoms with Crippen molar-refractivity contribution in [3.8, 4) is 39.9 Å². The van der Waals surface area contributed by atoms with Crippen LogP contribution in [0.3, 0.4) is 0 Å². The first-order valence-electron chi connectivity index (χ1n) is 15.7. The van der Waals surface area contributed by atoms with Gasteiger partial charge in [-0.15, -0.1) is 16.4 Å². The topological polar surface area (TPSA) is 56.7 Å². The molecule has 0 N–H and O–H groups in total. The SMILES string of the molecule is [B]c1c([B])c([B])c(-c2nc(-c3cccc4c3oc3cccc(-c5ccccc5)c34)nc(-n3c4ccccc4c4ccccc43)n2)c([B])c1[B]. The summed E-state index contributed by atoms with van der Waals surface area (Å²) in [6, 6.07) is 38.5. The van der Waals surface area contributed by atoms with Gasteiger partial charge in [-0.1, -0.05) is 102 Å². The lowest BCUT2D eigenvalue weighted by Gasteiger charge is -2.21. The number of furan rings is 1. The molecule has 0 aliphatic rings. The van der Waals surface area contributed by atoms with Crippen molar-refractivity contribution in [1.29, 1.82) is 0 Å². The summed E-state index contributed by atoms with van der Waals surface area (Å²) in [5.74, 6) is 0.886. The molecule has 216 valence electrons. The van der Waals surface area contributed by atoms with Crippen molar-refractivity contribution in [1.82, 2.24) is 19.5 Å². The quantitative estimate of drug-likeness (QED) is 0.283. The molecule has 0 bridgehead atoms. The molecule has 3 aromatic heterocycles. The van der Waals surface area contributed by atoms with Gasteiger partial charge in [0, 0.05) is 27.1 Å². The zero-order chi connectivity index (χ0) is 33.4. The van der Waals surface area contributed by atoms with Gasteiger partial charge >= 0.3 is 0 Å². The van der Waals surface area contributed by atoms with Crippen LogP contribution < -0.4 is 27.3 Å². The fourth-order valence-electron chi connectivity index (χ4n) is 6.81. The van der Waals surface area contributed by atoms with Gasteiger partial charge in [-0.25, -0.2) is 4.98 Å². The van der Waals surface area contributed by atoms with Gasteiger partial charge in [0.15, 0.2) is 11.6 Å². The van der Waals surface area contributed by atoms with Crippen LogP contribution in [0.15, 0.2) is 120 Å². The Morgan fingerprint density at radius 2 is 1.02 bits per heavy atom. The molecule has 0 unspecified atom stereocenters. The van der Waals surface area contributed by atoms with Crippen LogP contribution in [-0.4, -0.2) is 58.8 Å². The van der Waals surface area contributed by atoms with Crippen LogP contribution in [-0.2, 0) is 0 Å². The maximum Gasteiger partial charge on any atom is 0.238 e. The largest absolute Gasteiger partial charge is 0.455 e. The highest BCUT2D eigenvalue weighted by atomic mass is 16.3. The van der Waals surface area contributed by atoms with Gasteiger partial charge in [0.1, 0.15) is 50.4 Å². The number of benzene rings is 6. The number of hydrogen-bond acceptors (Lipinski definition) is 4. The Bertz CT molecular complexity index is 2710. The molecule has 0 aliphatic carbocycles. The van der Waals surface area contributed by atoms with Gasteiger partial charge in [-0.3, -0.25) is 4.57 Å². The highest BCUT2D eigenvalue weighted by Crippen LogP contribution is 2.40. The van der Waals surface area contributed by atoms with E-state index in [1.807, 2.05) is 89.5 Å². The van der Waals surface area contributed by atoms with Crippen LogP contribution in [0.5, 0.6) is 0 Å². The van der Waals surface area contributed by atoms with Crippen LogP contribution >= 0.6 is 0 Å². The van der Waals surface area contributed by atoms with E-state index in [4.69, 9.17) is 58.6 Å². The molecule has 0 saturated carbocycles. The molecule has 9 aromatic rings. The summed E-state index contributed by atoms with van der Waals surface area (Å²) in [6.07, 6.45) is 0. The van der Waals surface area contributed by atoms with E-state index in [0.717, 1.165) is 49.3 Å². The van der Waals surface area contributed by atoms with Crippen LogP contribution in [0.2, 0.25) is 0 Å². The smallest absolute Gasteiger partial charge is 0.238 e. The Labute approximate surface area is 288 Å². The summed E-state index contributed by atoms with van der Waals surface area (Å²) in [6.45, 7) is 0. The normalized spacial score (nSPS) is 11.7. The lowest BCUT2D eigenvalue weighted by atomic mass is 9.60. The van der Waals surface area contributed by atoms with Gasteiger partial charge in [-0.2, -0.15) is 9.97 Å². The number of aromatic nitrogens is 4. The molecule has 6 aromatic carbocycles. The molecule has 10 heteroatoms. The van der Waals surface area contributed by atoms with Crippen molar-refractivity contribution in [2.24, 2.45) is 0 Å². The third-order valence-electron chi connectivity index (χ3n) is 9.17. The molecule has 0 aliphatic heterocycles. The molecule has 0 spiro atoms. The van der Waals surface area contributed by atoms with Gasteiger partial charge < -0.3 is 4.42 Å². The van der Waals surface area contributed by atoms with Crippen molar-refractivity contribution in [2.75, 3.05) is 0 Å². The number of hydrogen-bond donors (Lipinski definition) is 0. The van der Waals surface area contributed by atoms with Crippen molar-refractivity contribution >= 4 is 110 Å². The molecule has 10 radical (unpaired) electrons. The summed E-state index contributed by atoms with van der Waals surface area (Å²) in [7, 11) is 31.9. The standard InChI is InChI=1S/C39H19B5N4O/c40-31-30(32(41)34(43)35(44)33(31)42)38-45-37(46-39(47-38)48-26-17-6-4-12-22(26)23-13-5-7-18-27(23)48)25-16-8-15-24-29-21(20-10-2-1-3-11-20)14-9-19-28(29)49-36(24)25/h1-19H. The van der Waals surface area contributed by atoms with Crippen molar-refractivity contribution < 1.29 is 4.42 Å². The predicted molar refractivity (Wildman–Crippen MR) is 205 cm³/mol. The summed E-state index contributed by atoms with van der Waals surface area (Å²) < 4.78 is 8.61. The van der Waals surface area contributed by atoms with E-state index in [0.29, 0.717) is 22.9 Å². The molecule has 49 heavy (non-hydrogen) atoms. The molecule has 5 nitrogen and oxygen atoms in total. The Kier molecular flexibility index (Phi) is 6.70. The van der Waals surface area contributed by atoms with Gasteiger partial charge in [-0.05, 0) is 35.4 Å². The second-order valence-electron chi connectivity index (χ2n) is 11.9. The van der Waals surface area contributed by atoms with E-state index >= 15 is 0 Å². The third kappa shape index (κ3) is 4.43. The van der Waals surface area contributed by atoms with Crippen LogP contribution in [0.1, 0.15) is 0 Å². The van der Waals surface area contributed by atoms with Gasteiger partial charge in [0.05, 0.1) is 16.6 Å². The van der Waals surface area contributed by atoms with Crippen molar-refractivity contribution in [2.45, 2.75) is 0 Å². The fraction of sp³-hybridized carbons (Fsp3) is 0. The molecule has 0 fully saturated rings. The highest BCUT2D eigenvalue weighted by Gasteiger charge is 2.23. The summed E-state index contributed by atoms with van der Waals surface area (Å²) in [4.78, 5) is 15.1. The third-order valence-corrected chi connectivity index (χ3v) is 9.17. The number of fused-ring (bicyclic) bond motifs is 6. The molecule has 0 atom stereocenters. The Balaban J connectivity index is 1.38. The summed E-state index contributed by atoms with van der Waals surface area (Å²) in [5.41, 5.74) is 6.86. The zero-order valence-corrected chi connectivity index (χ0v) is 26.1. The van der Waals surface area contributed by atoms with E-state index in [2.05, 4.69) is 30.3 Å². The summed E-state index contributed by atoms with van der Waals surface area (Å²) in [5, 5.41) is 4.02. The van der Waals surface area contributed by atoms with E-state index in [1.165, 1.54) is 0 Å². The second kappa shape index (κ2) is 11.2. The van der Waals surface area contributed by atoms with E-state index in [1.54, 1.807) is 0 Å². The first-order chi connectivity index (χ1) is 23.9. The zero-order valence-electron chi connectivity index (χ0n) is 26.1. The minimum Gasteiger partial charge on any atom is -0.455 e. The lowest BCUT2D eigenvalue weighted by Crippen LogP contribution is -2.55. The molecule has 3 heterocycles. The molecule has 9 rings (SSSR count). The molecule has 0 saturated heterocycles. The lowest BCUT2D eigenvalue weighted by molar-refractivity contribution is 0.669. The maximum atomic E-state index is 6.61. The van der Waals surface area contributed by atoms with Crippen LogP contribution in [0.25, 0.3) is 83.6 Å². The fourth-order valence-corrected chi connectivity index (χ4v) is 6.81. The van der Waals surface area contributed by atoms with Crippen LogP contribution in [0, 0.1) is 0 Å². The average Bonchev–Trinajstić information content (AvgIpc) is 3.70. The van der Waals surface area contributed by atoms with E-state index in [-0.39, 0.29) is 38.7 Å². The summed E-state index contributed by atoms with van der Waals surface area (Å²) >= 11 is 0. The average molecular weight is 614 g/mol. The Morgan fingerprint density at radius 3 is 1.71 bits per heavy atom. The van der Waals surface area contributed by atoms with Crippen molar-refractivity contribution in [3.63, 3.8) is 0 Å².